The van der Waals surface area contributed by atoms with Gasteiger partial charge < -0.3 is 24.3 Å². The molecule has 0 bridgehead atoms. The Morgan fingerprint density at radius 1 is 0.895 bits per heavy atom. The predicted octanol–water partition coefficient (Wildman–Crippen LogP) is 4.12. The van der Waals surface area contributed by atoms with Gasteiger partial charge in [0, 0.05) is 10.6 Å². The molecule has 0 radical (unpaired) electrons. The van der Waals surface area contributed by atoms with Gasteiger partial charge in [0.25, 0.3) is 11.8 Å². The van der Waals surface area contributed by atoms with Crippen molar-refractivity contribution in [1.82, 2.24) is 10.7 Å². The molecule has 2 N–H and O–H groups in total. The second-order valence-corrected chi connectivity index (χ2v) is 8.32. The van der Waals surface area contributed by atoms with Crippen molar-refractivity contribution in [2.24, 2.45) is 5.10 Å². The molecule has 3 aromatic carbocycles. The number of benzene rings is 3. The maximum atomic E-state index is 12.5. The molecule has 0 aromatic heterocycles. The van der Waals surface area contributed by atoms with Crippen LogP contribution in [0.4, 0.5) is 0 Å². The minimum atomic E-state index is -0.631. The fraction of sp³-hybridized carbons (Fsp3) is 0.154. The topological polar surface area (TPSA) is 125 Å². The summed E-state index contributed by atoms with van der Waals surface area (Å²) in [5.74, 6) is -0.455. The molecule has 0 spiro atoms. The summed E-state index contributed by atoms with van der Waals surface area (Å²) in [4.78, 5) is 36.9. The Labute approximate surface area is 228 Å². The Hall–Kier alpha value is -4.28. The number of carbonyl (C=O) groups excluding carboxylic acids is 3. The first kappa shape index (κ1) is 28.3. The smallest absolute Gasteiger partial charge is 0.345 e. The average molecular weight is 560 g/mol. The van der Waals surface area contributed by atoms with E-state index < -0.39 is 17.8 Å². The number of esters is 1. The number of ether oxygens (including phenoxy) is 4. The minimum Gasteiger partial charge on any atom is -0.493 e. The van der Waals surface area contributed by atoms with Gasteiger partial charge in [-0.1, -0.05) is 23.2 Å². The van der Waals surface area contributed by atoms with Crippen molar-refractivity contribution in [3.05, 3.63) is 81.3 Å². The van der Waals surface area contributed by atoms with Crippen LogP contribution < -0.4 is 29.7 Å². The van der Waals surface area contributed by atoms with Gasteiger partial charge >= 0.3 is 5.97 Å². The molecule has 0 aliphatic heterocycles. The van der Waals surface area contributed by atoms with Crippen molar-refractivity contribution in [2.45, 2.75) is 0 Å². The van der Waals surface area contributed by atoms with E-state index in [0.29, 0.717) is 27.8 Å². The lowest BCUT2D eigenvalue weighted by molar-refractivity contribution is -0.120. The summed E-state index contributed by atoms with van der Waals surface area (Å²) in [5.41, 5.74) is 3.34. The first-order chi connectivity index (χ1) is 18.2. The highest BCUT2D eigenvalue weighted by Gasteiger charge is 2.17. The number of halogens is 2. The summed E-state index contributed by atoms with van der Waals surface area (Å²) in [6, 6.07) is 13.8. The van der Waals surface area contributed by atoms with E-state index in [-0.39, 0.29) is 28.4 Å². The van der Waals surface area contributed by atoms with Gasteiger partial charge in [0.15, 0.2) is 11.5 Å². The van der Waals surface area contributed by atoms with Crippen LogP contribution in [-0.2, 0) is 4.79 Å². The lowest BCUT2D eigenvalue weighted by Gasteiger charge is -2.14. The van der Waals surface area contributed by atoms with Crippen molar-refractivity contribution >= 4 is 47.2 Å². The molecule has 198 valence electrons. The second kappa shape index (κ2) is 13.3. The van der Waals surface area contributed by atoms with Crippen LogP contribution in [0.2, 0.25) is 10.0 Å². The van der Waals surface area contributed by atoms with E-state index in [0.717, 1.165) is 0 Å². The standard InChI is InChI=1S/C26H23Cl2N3O7/c1-35-21-10-16(11-22(36-2)24(21)37-3)25(33)29-14-23(32)31-30-13-15-4-7-18(8-5-15)38-26(34)19-9-6-17(27)12-20(19)28/h4-13H,14H2,1-3H3,(H,29,33)(H,31,32)/b30-13-. The molecular weight excluding hydrogens is 537 g/mol. The third kappa shape index (κ3) is 7.37. The third-order valence-electron chi connectivity index (χ3n) is 4.98. The molecule has 12 heteroatoms. The van der Waals surface area contributed by atoms with E-state index in [9.17, 15) is 14.4 Å². The van der Waals surface area contributed by atoms with E-state index in [1.807, 2.05) is 0 Å². The molecule has 0 aliphatic carbocycles. The maximum absolute atomic E-state index is 12.5. The van der Waals surface area contributed by atoms with Crippen LogP contribution in [0, 0.1) is 0 Å². The van der Waals surface area contributed by atoms with E-state index in [4.69, 9.17) is 42.1 Å². The Balaban J connectivity index is 1.50. The second-order valence-electron chi connectivity index (χ2n) is 7.47. The van der Waals surface area contributed by atoms with Crippen molar-refractivity contribution in [3.63, 3.8) is 0 Å². The van der Waals surface area contributed by atoms with Crippen LogP contribution in [0.3, 0.4) is 0 Å². The molecule has 0 aliphatic rings. The van der Waals surface area contributed by atoms with Gasteiger partial charge in [0.1, 0.15) is 5.75 Å². The highest BCUT2D eigenvalue weighted by atomic mass is 35.5. The van der Waals surface area contributed by atoms with Gasteiger partial charge in [-0.05, 0) is 60.2 Å². The number of hydrogen-bond donors (Lipinski definition) is 2. The number of nitrogens with one attached hydrogen (secondary N) is 2. The normalized spacial score (nSPS) is 10.6. The molecule has 3 rings (SSSR count). The first-order valence-corrected chi connectivity index (χ1v) is 11.7. The molecule has 0 heterocycles. The number of nitrogens with zero attached hydrogens (tertiary/aromatic N) is 1. The number of carbonyl (C=O) groups is 3. The van der Waals surface area contributed by atoms with Crippen molar-refractivity contribution in [2.75, 3.05) is 27.9 Å². The Bertz CT molecular complexity index is 1340. The van der Waals surface area contributed by atoms with Gasteiger partial charge in [0.2, 0.25) is 5.75 Å². The number of hydrogen-bond acceptors (Lipinski definition) is 8. The highest BCUT2D eigenvalue weighted by molar-refractivity contribution is 6.36. The van der Waals surface area contributed by atoms with Crippen molar-refractivity contribution in [1.29, 1.82) is 0 Å². The van der Waals surface area contributed by atoms with Crippen LogP contribution in [0.1, 0.15) is 26.3 Å². The monoisotopic (exact) mass is 559 g/mol. The summed E-state index contributed by atoms with van der Waals surface area (Å²) in [6.45, 7) is -0.324. The van der Waals surface area contributed by atoms with Gasteiger partial charge in [-0.25, -0.2) is 10.2 Å². The van der Waals surface area contributed by atoms with Crippen molar-refractivity contribution in [3.8, 4) is 23.0 Å². The Morgan fingerprint density at radius 3 is 2.13 bits per heavy atom. The number of methoxy groups -OCH3 is 3. The molecule has 38 heavy (non-hydrogen) atoms. The lowest BCUT2D eigenvalue weighted by atomic mass is 10.1. The minimum absolute atomic E-state index is 0.182. The molecule has 0 fully saturated rings. The molecule has 0 saturated heterocycles. The van der Waals surface area contributed by atoms with Crippen molar-refractivity contribution < 1.29 is 33.3 Å². The van der Waals surface area contributed by atoms with Crippen LogP contribution >= 0.6 is 23.2 Å². The molecule has 3 aromatic rings. The fourth-order valence-corrected chi connectivity index (χ4v) is 3.62. The Morgan fingerprint density at radius 2 is 1.55 bits per heavy atom. The molecule has 0 atom stereocenters. The van der Waals surface area contributed by atoms with Gasteiger partial charge in [0.05, 0.1) is 44.7 Å². The zero-order valence-corrected chi connectivity index (χ0v) is 22.1. The van der Waals surface area contributed by atoms with Crippen LogP contribution in [0.15, 0.2) is 59.7 Å². The molecule has 2 amide bonds. The van der Waals surface area contributed by atoms with E-state index in [2.05, 4.69) is 15.8 Å². The largest absolute Gasteiger partial charge is 0.493 e. The van der Waals surface area contributed by atoms with Gasteiger partial charge in [-0.2, -0.15) is 5.10 Å². The molecular formula is C26H23Cl2N3O7. The maximum Gasteiger partial charge on any atom is 0.345 e. The first-order valence-electron chi connectivity index (χ1n) is 10.9. The predicted molar refractivity (Wildman–Crippen MR) is 142 cm³/mol. The van der Waals surface area contributed by atoms with E-state index in [1.165, 1.54) is 57.9 Å². The molecule has 10 nitrogen and oxygen atoms in total. The van der Waals surface area contributed by atoms with Crippen LogP contribution in [0.25, 0.3) is 0 Å². The summed E-state index contributed by atoms with van der Waals surface area (Å²) in [6.07, 6.45) is 1.39. The zero-order chi connectivity index (χ0) is 27.7. The summed E-state index contributed by atoms with van der Waals surface area (Å²) in [7, 11) is 4.32. The summed E-state index contributed by atoms with van der Waals surface area (Å²) < 4.78 is 21.0. The number of rotatable bonds is 10. The van der Waals surface area contributed by atoms with E-state index in [1.54, 1.807) is 24.3 Å². The van der Waals surface area contributed by atoms with Crippen LogP contribution in [-0.4, -0.2) is 51.9 Å². The number of hydrazone groups is 1. The third-order valence-corrected chi connectivity index (χ3v) is 5.53. The molecule has 0 saturated carbocycles. The zero-order valence-electron chi connectivity index (χ0n) is 20.5. The quantitative estimate of drug-likeness (QED) is 0.166. The molecule has 0 unspecified atom stereocenters. The van der Waals surface area contributed by atoms with Gasteiger partial charge in [-0.15, -0.1) is 0 Å². The SMILES string of the molecule is COc1cc(C(=O)NCC(=O)N/N=C\c2ccc(OC(=O)c3ccc(Cl)cc3Cl)cc2)cc(OC)c1OC. The average Bonchev–Trinajstić information content (AvgIpc) is 2.91. The van der Waals surface area contributed by atoms with Gasteiger partial charge in [-0.3, -0.25) is 9.59 Å². The van der Waals surface area contributed by atoms with Crippen LogP contribution in [0.5, 0.6) is 23.0 Å². The van der Waals surface area contributed by atoms with E-state index >= 15 is 0 Å². The number of amides is 2. The lowest BCUT2D eigenvalue weighted by Crippen LogP contribution is -2.34. The summed E-state index contributed by atoms with van der Waals surface area (Å²) >= 11 is 11.9. The highest BCUT2D eigenvalue weighted by Crippen LogP contribution is 2.38. The fourth-order valence-electron chi connectivity index (χ4n) is 3.13. The summed E-state index contributed by atoms with van der Waals surface area (Å²) in [5, 5.41) is 6.94. The Kier molecular flexibility index (Phi) is 9.92.